The number of hydrogen-bond donors (Lipinski definition) is 1. The van der Waals surface area contributed by atoms with Crippen LogP contribution in [0, 0.1) is 0 Å². The molecule has 8 heteroatoms. The molecule has 0 radical (unpaired) electrons. The molecule has 0 spiro atoms. The molecule has 1 aliphatic heterocycles. The molecule has 1 saturated heterocycles. The monoisotopic (exact) mass is 287 g/mol. The highest BCUT2D eigenvalue weighted by atomic mass is 32.2. The van der Waals surface area contributed by atoms with Crippen LogP contribution in [0.4, 0.5) is 5.13 Å². The smallest absolute Gasteiger partial charge is 0.233 e. The summed E-state index contributed by atoms with van der Waals surface area (Å²) in [6, 6.07) is 0. The van der Waals surface area contributed by atoms with Crippen LogP contribution in [-0.2, 0) is 4.79 Å². The minimum absolute atomic E-state index is 0.183. The molecule has 1 fully saturated rings. The van der Waals surface area contributed by atoms with Crippen LogP contribution in [0.5, 0.6) is 0 Å². The Kier molecular flexibility index (Phi) is 4.79. The van der Waals surface area contributed by atoms with E-state index in [9.17, 15) is 4.79 Å². The predicted octanol–water partition coefficient (Wildman–Crippen LogP) is 0.128. The molecular weight excluding hydrogens is 270 g/mol. The second-order valence-electron chi connectivity index (χ2n) is 4.16. The van der Waals surface area contributed by atoms with Gasteiger partial charge in [-0.25, -0.2) is 0 Å². The van der Waals surface area contributed by atoms with E-state index in [-0.39, 0.29) is 5.91 Å². The molecule has 0 saturated carbocycles. The van der Waals surface area contributed by atoms with Gasteiger partial charge in [0.05, 0.1) is 5.75 Å². The normalized spacial score (nSPS) is 15.8. The number of aromatic nitrogens is 2. The van der Waals surface area contributed by atoms with Gasteiger partial charge in [-0.15, -0.1) is 10.2 Å². The number of anilines is 1. The number of amides is 1. The lowest BCUT2D eigenvalue weighted by molar-refractivity contribution is -0.128. The van der Waals surface area contributed by atoms with Gasteiger partial charge in [-0.05, 0) is 0 Å². The van der Waals surface area contributed by atoms with Crippen LogP contribution < -0.4 is 10.2 Å². The van der Waals surface area contributed by atoms with E-state index in [1.807, 2.05) is 23.9 Å². The number of thioether (sulfide) groups is 1. The number of carbonyl (C=O) groups is 1. The highest BCUT2D eigenvalue weighted by Gasteiger charge is 2.17. The summed E-state index contributed by atoms with van der Waals surface area (Å²) in [5.74, 6) is 0.630. The molecule has 1 amide bonds. The first-order valence-corrected chi connectivity index (χ1v) is 7.59. The number of carbonyl (C=O) groups excluding carboxylic acids is 1. The van der Waals surface area contributed by atoms with Crippen molar-refractivity contribution in [1.82, 2.24) is 20.4 Å². The average Bonchev–Trinajstić information content (AvgIpc) is 2.86. The molecule has 6 nitrogen and oxygen atoms in total. The van der Waals surface area contributed by atoms with Crippen LogP contribution in [0.2, 0.25) is 0 Å². The minimum Gasteiger partial charge on any atom is -0.353 e. The van der Waals surface area contributed by atoms with E-state index < -0.39 is 0 Å². The Balaban J connectivity index is 1.81. The van der Waals surface area contributed by atoms with Gasteiger partial charge in [-0.1, -0.05) is 23.1 Å². The van der Waals surface area contributed by atoms with Crippen molar-refractivity contribution in [3.05, 3.63) is 0 Å². The first kappa shape index (κ1) is 13.6. The van der Waals surface area contributed by atoms with E-state index in [2.05, 4.69) is 15.5 Å². The molecule has 1 aliphatic rings. The van der Waals surface area contributed by atoms with E-state index in [0.717, 1.165) is 35.7 Å². The van der Waals surface area contributed by atoms with Crippen molar-refractivity contribution in [2.45, 2.75) is 4.34 Å². The van der Waals surface area contributed by atoms with E-state index in [0.29, 0.717) is 5.75 Å². The summed E-state index contributed by atoms with van der Waals surface area (Å²) in [6.07, 6.45) is 0. The average molecular weight is 287 g/mol. The van der Waals surface area contributed by atoms with Crippen LogP contribution in [0.1, 0.15) is 0 Å². The Bertz CT molecular complexity index is 403. The molecule has 0 atom stereocenters. The van der Waals surface area contributed by atoms with Gasteiger partial charge < -0.3 is 15.1 Å². The minimum atomic E-state index is 0.183. The summed E-state index contributed by atoms with van der Waals surface area (Å²) in [5.41, 5.74) is 0. The highest BCUT2D eigenvalue weighted by Crippen LogP contribution is 2.26. The molecule has 1 aromatic heterocycles. The van der Waals surface area contributed by atoms with Crippen molar-refractivity contribution in [1.29, 1.82) is 0 Å². The van der Waals surface area contributed by atoms with Crippen LogP contribution in [-0.4, -0.2) is 67.0 Å². The van der Waals surface area contributed by atoms with Crippen molar-refractivity contribution < 1.29 is 4.79 Å². The van der Waals surface area contributed by atoms with Crippen LogP contribution in [0.15, 0.2) is 4.34 Å². The standard InChI is InChI=1S/C10H17N5OS2/c1-14(2)9-12-13-10(18-9)17-7-8(16)15-5-3-11-4-6-15/h11H,3-7H2,1-2H3. The van der Waals surface area contributed by atoms with Crippen molar-refractivity contribution >= 4 is 34.1 Å². The van der Waals surface area contributed by atoms with Crippen LogP contribution in [0.3, 0.4) is 0 Å². The third-order valence-electron chi connectivity index (χ3n) is 2.57. The Morgan fingerprint density at radius 1 is 1.44 bits per heavy atom. The van der Waals surface area contributed by atoms with Gasteiger partial charge in [0.1, 0.15) is 0 Å². The molecule has 1 aromatic rings. The molecule has 18 heavy (non-hydrogen) atoms. The highest BCUT2D eigenvalue weighted by molar-refractivity contribution is 8.01. The maximum Gasteiger partial charge on any atom is 0.233 e. The zero-order valence-electron chi connectivity index (χ0n) is 10.5. The lowest BCUT2D eigenvalue weighted by Crippen LogP contribution is -2.47. The van der Waals surface area contributed by atoms with E-state index in [1.165, 1.54) is 23.1 Å². The second-order valence-corrected chi connectivity index (χ2v) is 6.34. The SMILES string of the molecule is CN(C)c1nnc(SCC(=O)N2CCNCC2)s1. The van der Waals surface area contributed by atoms with Crippen molar-refractivity contribution in [2.75, 3.05) is 50.9 Å². The molecular formula is C10H17N5OS2. The van der Waals surface area contributed by atoms with Crippen LogP contribution >= 0.6 is 23.1 Å². The fourth-order valence-electron chi connectivity index (χ4n) is 1.57. The Labute approximate surface area is 115 Å². The number of hydrogen-bond acceptors (Lipinski definition) is 7. The lowest BCUT2D eigenvalue weighted by atomic mass is 10.3. The van der Waals surface area contributed by atoms with Crippen molar-refractivity contribution in [3.63, 3.8) is 0 Å². The van der Waals surface area contributed by atoms with Gasteiger partial charge in [-0.2, -0.15) is 0 Å². The second kappa shape index (κ2) is 6.35. The predicted molar refractivity (Wildman–Crippen MR) is 74.4 cm³/mol. The molecule has 2 heterocycles. The molecule has 0 unspecified atom stereocenters. The first-order chi connectivity index (χ1) is 8.66. The Morgan fingerprint density at radius 2 is 2.17 bits per heavy atom. The van der Waals surface area contributed by atoms with E-state index in [1.54, 1.807) is 0 Å². The fraction of sp³-hybridized carbons (Fsp3) is 0.700. The van der Waals surface area contributed by atoms with Crippen molar-refractivity contribution in [3.8, 4) is 0 Å². The molecule has 2 rings (SSSR count). The Morgan fingerprint density at radius 3 is 2.78 bits per heavy atom. The van der Waals surface area contributed by atoms with Gasteiger partial charge >= 0.3 is 0 Å². The zero-order valence-corrected chi connectivity index (χ0v) is 12.2. The molecule has 1 N–H and O–H groups in total. The van der Waals surface area contributed by atoms with E-state index in [4.69, 9.17) is 0 Å². The zero-order chi connectivity index (χ0) is 13.0. The van der Waals surface area contributed by atoms with Gasteiger partial charge in [0.2, 0.25) is 11.0 Å². The van der Waals surface area contributed by atoms with Gasteiger partial charge in [-0.3, -0.25) is 4.79 Å². The number of rotatable bonds is 4. The van der Waals surface area contributed by atoms with Gasteiger partial charge in [0.25, 0.3) is 0 Å². The Hall–Kier alpha value is -0.860. The van der Waals surface area contributed by atoms with Gasteiger partial charge in [0.15, 0.2) is 4.34 Å². The molecule has 0 aliphatic carbocycles. The van der Waals surface area contributed by atoms with Crippen molar-refractivity contribution in [2.24, 2.45) is 0 Å². The topological polar surface area (TPSA) is 61.4 Å². The maximum absolute atomic E-state index is 11.9. The third-order valence-corrected chi connectivity index (χ3v) is 4.78. The van der Waals surface area contributed by atoms with Crippen LogP contribution in [0.25, 0.3) is 0 Å². The summed E-state index contributed by atoms with van der Waals surface area (Å²) in [4.78, 5) is 15.8. The molecule has 0 bridgehead atoms. The van der Waals surface area contributed by atoms with Gasteiger partial charge in [0, 0.05) is 40.3 Å². The maximum atomic E-state index is 11.9. The van der Waals surface area contributed by atoms with E-state index >= 15 is 0 Å². The largest absolute Gasteiger partial charge is 0.353 e. The summed E-state index contributed by atoms with van der Waals surface area (Å²) in [5, 5.41) is 12.2. The third kappa shape index (κ3) is 3.56. The summed E-state index contributed by atoms with van der Waals surface area (Å²) < 4.78 is 0.849. The quantitative estimate of drug-likeness (QED) is 0.794. The molecule has 100 valence electrons. The number of nitrogens with zero attached hydrogens (tertiary/aromatic N) is 4. The first-order valence-electron chi connectivity index (χ1n) is 5.79. The molecule has 0 aromatic carbocycles. The lowest BCUT2D eigenvalue weighted by Gasteiger charge is -2.27. The summed E-state index contributed by atoms with van der Waals surface area (Å²) in [6.45, 7) is 3.39. The fourth-order valence-corrected chi connectivity index (χ4v) is 3.24. The summed E-state index contributed by atoms with van der Waals surface area (Å²) >= 11 is 2.98. The number of piperazine rings is 1. The number of nitrogens with one attached hydrogen (secondary N) is 1. The summed E-state index contributed by atoms with van der Waals surface area (Å²) in [7, 11) is 3.86.